The van der Waals surface area contributed by atoms with E-state index in [0.29, 0.717) is 17.6 Å². The number of morpholine rings is 1. The number of fused-ring (bicyclic) bond motifs is 2. The van der Waals surface area contributed by atoms with Crippen LogP contribution in [0.4, 0.5) is 0 Å². The molecule has 0 amide bonds. The fourth-order valence-corrected chi connectivity index (χ4v) is 2.50. The van der Waals surface area contributed by atoms with Gasteiger partial charge in [-0.1, -0.05) is 20.8 Å². The Kier molecular flexibility index (Phi) is 2.37. The molecule has 0 aromatic rings. The van der Waals surface area contributed by atoms with Crippen LogP contribution in [0.15, 0.2) is 0 Å². The van der Waals surface area contributed by atoms with Gasteiger partial charge in [0.15, 0.2) is 0 Å². The van der Waals surface area contributed by atoms with Gasteiger partial charge in [0.1, 0.15) is 0 Å². The summed E-state index contributed by atoms with van der Waals surface area (Å²) in [5.74, 6) is 0. The van der Waals surface area contributed by atoms with Crippen molar-refractivity contribution >= 4 is 0 Å². The van der Waals surface area contributed by atoms with Crippen molar-refractivity contribution in [3.05, 3.63) is 0 Å². The fraction of sp³-hybridized carbons (Fsp3) is 1.00. The first-order chi connectivity index (χ1) is 6.03. The predicted octanol–water partition coefficient (Wildman–Crippen LogP) is 1.90. The molecule has 2 fully saturated rings. The van der Waals surface area contributed by atoms with Crippen molar-refractivity contribution in [2.45, 2.75) is 45.8 Å². The molecule has 0 aromatic carbocycles. The lowest BCUT2D eigenvalue weighted by Gasteiger charge is -2.36. The van der Waals surface area contributed by atoms with Crippen LogP contribution in [0.3, 0.4) is 0 Å². The smallest absolute Gasteiger partial charge is 0.0707 e. The van der Waals surface area contributed by atoms with Crippen LogP contribution in [-0.4, -0.2) is 36.7 Å². The van der Waals surface area contributed by atoms with Gasteiger partial charge in [-0.25, -0.2) is 0 Å². The molecule has 0 unspecified atom stereocenters. The summed E-state index contributed by atoms with van der Waals surface area (Å²) in [6, 6.07) is 0. The van der Waals surface area contributed by atoms with Crippen LogP contribution in [0.2, 0.25) is 0 Å². The Bertz CT molecular complexity index is 173. The maximum atomic E-state index is 5.80. The Morgan fingerprint density at radius 1 is 1.15 bits per heavy atom. The number of ether oxygens (including phenoxy) is 1. The highest BCUT2D eigenvalue weighted by Gasteiger charge is 2.34. The number of hydrogen-bond donors (Lipinski definition) is 0. The van der Waals surface area contributed by atoms with E-state index in [0.717, 1.165) is 13.1 Å². The Balaban J connectivity index is 1.88. The van der Waals surface area contributed by atoms with Crippen molar-refractivity contribution in [3.8, 4) is 0 Å². The minimum absolute atomic E-state index is 0.427. The second-order valence-corrected chi connectivity index (χ2v) is 5.71. The molecule has 2 atom stereocenters. The number of likely N-dealkylation sites (tertiary alicyclic amines) is 1. The molecule has 2 aliphatic heterocycles. The van der Waals surface area contributed by atoms with Gasteiger partial charge in [-0.2, -0.15) is 0 Å². The molecule has 2 heteroatoms. The minimum atomic E-state index is 0.427. The van der Waals surface area contributed by atoms with Gasteiger partial charge in [0.2, 0.25) is 0 Å². The zero-order chi connectivity index (χ0) is 9.47. The summed E-state index contributed by atoms with van der Waals surface area (Å²) in [6.45, 7) is 10.5. The van der Waals surface area contributed by atoms with Crippen LogP contribution in [0.25, 0.3) is 0 Å². The second-order valence-electron chi connectivity index (χ2n) is 5.71. The van der Waals surface area contributed by atoms with Crippen LogP contribution in [-0.2, 0) is 4.74 Å². The summed E-state index contributed by atoms with van der Waals surface area (Å²) in [6.07, 6.45) is 3.65. The molecule has 76 valence electrons. The second kappa shape index (κ2) is 3.25. The molecule has 0 spiro atoms. The highest BCUT2D eigenvalue weighted by atomic mass is 16.5. The summed E-state index contributed by atoms with van der Waals surface area (Å²) < 4.78 is 5.80. The number of rotatable bonds is 1. The third-order valence-electron chi connectivity index (χ3n) is 2.82. The molecule has 13 heavy (non-hydrogen) atoms. The number of nitrogens with zero attached hydrogens (tertiary/aromatic N) is 1. The van der Waals surface area contributed by atoms with E-state index in [2.05, 4.69) is 25.7 Å². The van der Waals surface area contributed by atoms with Crippen LogP contribution in [0.5, 0.6) is 0 Å². The van der Waals surface area contributed by atoms with Crippen molar-refractivity contribution in [2.75, 3.05) is 19.6 Å². The van der Waals surface area contributed by atoms with Gasteiger partial charge in [0.05, 0.1) is 12.2 Å². The normalized spacial score (nSPS) is 35.3. The van der Waals surface area contributed by atoms with Gasteiger partial charge in [-0.3, -0.25) is 4.90 Å². The first-order valence-corrected chi connectivity index (χ1v) is 5.41. The van der Waals surface area contributed by atoms with E-state index in [1.165, 1.54) is 19.4 Å². The Labute approximate surface area is 81.3 Å². The van der Waals surface area contributed by atoms with Gasteiger partial charge in [0, 0.05) is 19.6 Å². The van der Waals surface area contributed by atoms with Crippen LogP contribution in [0.1, 0.15) is 33.6 Å². The van der Waals surface area contributed by atoms with Crippen molar-refractivity contribution in [1.29, 1.82) is 0 Å². The molecule has 0 N–H and O–H groups in total. The molecule has 2 aliphatic rings. The van der Waals surface area contributed by atoms with E-state index in [9.17, 15) is 0 Å². The molecule has 2 rings (SSSR count). The molecule has 2 nitrogen and oxygen atoms in total. The topological polar surface area (TPSA) is 12.5 Å². The molecule has 0 saturated carbocycles. The highest BCUT2D eigenvalue weighted by Crippen LogP contribution is 2.28. The monoisotopic (exact) mass is 183 g/mol. The molecule has 0 radical (unpaired) electrons. The standard InChI is InChI=1S/C11H21NO/c1-11(2,3)8-12-6-9-4-5-10(7-12)13-9/h9-10H,4-8H2,1-3H3/t9-,10+. The van der Waals surface area contributed by atoms with E-state index in [-0.39, 0.29) is 0 Å². The molecule has 2 saturated heterocycles. The first-order valence-electron chi connectivity index (χ1n) is 5.41. The average molecular weight is 183 g/mol. The Hall–Kier alpha value is -0.0800. The van der Waals surface area contributed by atoms with Crippen LogP contribution in [0, 0.1) is 5.41 Å². The number of hydrogen-bond acceptors (Lipinski definition) is 2. The van der Waals surface area contributed by atoms with E-state index < -0.39 is 0 Å². The molecular formula is C11H21NO. The quantitative estimate of drug-likeness (QED) is 0.615. The summed E-state index contributed by atoms with van der Waals surface area (Å²) in [5, 5.41) is 0. The largest absolute Gasteiger partial charge is 0.372 e. The molecule has 2 heterocycles. The van der Waals surface area contributed by atoms with Crippen molar-refractivity contribution in [2.24, 2.45) is 5.41 Å². The Morgan fingerprint density at radius 3 is 2.15 bits per heavy atom. The first kappa shape index (κ1) is 9.47. The summed E-state index contributed by atoms with van der Waals surface area (Å²) in [4.78, 5) is 2.58. The van der Waals surface area contributed by atoms with Gasteiger partial charge < -0.3 is 4.74 Å². The zero-order valence-corrected chi connectivity index (χ0v) is 9.05. The molecule has 0 aromatic heterocycles. The zero-order valence-electron chi connectivity index (χ0n) is 9.05. The summed E-state index contributed by atoms with van der Waals surface area (Å²) >= 11 is 0. The van der Waals surface area contributed by atoms with E-state index >= 15 is 0 Å². The summed E-state index contributed by atoms with van der Waals surface area (Å²) in [5.41, 5.74) is 0.427. The van der Waals surface area contributed by atoms with Gasteiger partial charge in [0.25, 0.3) is 0 Å². The average Bonchev–Trinajstić information content (AvgIpc) is 2.27. The van der Waals surface area contributed by atoms with Crippen molar-refractivity contribution in [3.63, 3.8) is 0 Å². The maximum Gasteiger partial charge on any atom is 0.0707 e. The van der Waals surface area contributed by atoms with Gasteiger partial charge >= 0.3 is 0 Å². The van der Waals surface area contributed by atoms with Crippen LogP contribution < -0.4 is 0 Å². The van der Waals surface area contributed by atoms with E-state index in [4.69, 9.17) is 4.74 Å². The third kappa shape index (κ3) is 2.44. The highest BCUT2D eigenvalue weighted by molar-refractivity contribution is 4.86. The van der Waals surface area contributed by atoms with Crippen molar-refractivity contribution < 1.29 is 4.74 Å². The lowest BCUT2D eigenvalue weighted by atomic mass is 9.95. The molecular weight excluding hydrogens is 162 g/mol. The minimum Gasteiger partial charge on any atom is -0.372 e. The fourth-order valence-electron chi connectivity index (χ4n) is 2.50. The predicted molar refractivity (Wildman–Crippen MR) is 53.8 cm³/mol. The van der Waals surface area contributed by atoms with E-state index in [1.807, 2.05) is 0 Å². The lowest BCUT2D eigenvalue weighted by molar-refractivity contribution is -0.0465. The summed E-state index contributed by atoms with van der Waals surface area (Å²) in [7, 11) is 0. The molecule has 0 aliphatic carbocycles. The van der Waals surface area contributed by atoms with Gasteiger partial charge in [-0.05, 0) is 18.3 Å². The van der Waals surface area contributed by atoms with E-state index in [1.54, 1.807) is 0 Å². The van der Waals surface area contributed by atoms with Crippen molar-refractivity contribution in [1.82, 2.24) is 4.90 Å². The maximum absolute atomic E-state index is 5.80. The Morgan fingerprint density at radius 2 is 1.69 bits per heavy atom. The SMILES string of the molecule is CC(C)(C)CN1C[C@H]2CC[C@@H](C1)O2. The van der Waals surface area contributed by atoms with Gasteiger partial charge in [-0.15, -0.1) is 0 Å². The third-order valence-corrected chi connectivity index (χ3v) is 2.82. The molecule has 2 bridgehead atoms. The lowest BCUT2D eigenvalue weighted by Crippen LogP contribution is -2.45. The van der Waals surface area contributed by atoms with Crippen LogP contribution >= 0.6 is 0 Å².